The fourth-order valence-electron chi connectivity index (χ4n) is 7.69. The van der Waals surface area contributed by atoms with Crippen LogP contribution in [0.4, 0.5) is 0 Å². The molecule has 0 fully saturated rings. The molecule has 0 saturated heterocycles. The molecule has 0 heterocycles. The van der Waals surface area contributed by atoms with Crippen LogP contribution in [0.1, 0.15) is 0 Å². The molecule has 242 valence electrons. The van der Waals surface area contributed by atoms with Crippen molar-refractivity contribution in [1.29, 1.82) is 0 Å². The van der Waals surface area contributed by atoms with Gasteiger partial charge in [-0.25, -0.2) is 0 Å². The lowest BCUT2D eigenvalue weighted by molar-refractivity contribution is 0.350. The van der Waals surface area contributed by atoms with Gasteiger partial charge in [0.05, 0.1) is 0 Å². The number of phenols is 8. The van der Waals surface area contributed by atoms with Crippen LogP contribution in [0, 0.1) is 0 Å². The lowest BCUT2D eigenvalue weighted by Gasteiger charge is -2.24. The van der Waals surface area contributed by atoms with Crippen LogP contribution in [0.3, 0.4) is 0 Å². The SMILES string of the molecule is Oc1c(O)c(O)c2c(-c3cc4ccc5ccccc5c4c4ccccc34)c3c(O)c(O)c(O)c(O)c3c(-c3cccc4ccccc34)c2c1O. The fourth-order valence-corrected chi connectivity index (χ4v) is 7.69. The normalized spacial score (nSPS) is 11.8. The maximum absolute atomic E-state index is 11.8. The number of aromatic hydroxyl groups is 8. The topological polar surface area (TPSA) is 162 Å². The molecule has 0 saturated carbocycles. The standard InChI is InChI=1S/C42H26O8/c43-35-31-29(25-15-7-10-19-8-1-3-11-22(19)25)32-34(38(46)42(50)40(48)36(32)44)30(33(31)37(45)41(49)39(35)47)27-18-21-17-16-20-9-2-4-12-23(20)28(21)26-14-6-5-13-24(26)27/h1-18,43-50H. The van der Waals surface area contributed by atoms with Crippen molar-refractivity contribution in [2.24, 2.45) is 0 Å². The van der Waals surface area contributed by atoms with Crippen molar-refractivity contribution in [3.05, 3.63) is 109 Å². The third-order valence-electron chi connectivity index (χ3n) is 9.87. The Hall–Kier alpha value is -7.06. The Morgan fingerprint density at radius 2 is 0.660 bits per heavy atom. The first kappa shape index (κ1) is 29.1. The fraction of sp³-hybridized carbons (Fsp3) is 0. The van der Waals surface area contributed by atoms with Gasteiger partial charge in [-0.3, -0.25) is 0 Å². The third-order valence-corrected chi connectivity index (χ3v) is 9.87. The predicted molar refractivity (Wildman–Crippen MR) is 196 cm³/mol. The van der Waals surface area contributed by atoms with Gasteiger partial charge in [-0.2, -0.15) is 0 Å². The van der Waals surface area contributed by atoms with Crippen molar-refractivity contribution in [2.45, 2.75) is 0 Å². The van der Waals surface area contributed by atoms with Crippen LogP contribution < -0.4 is 0 Å². The first-order valence-corrected chi connectivity index (χ1v) is 15.8. The molecule has 0 aromatic heterocycles. The van der Waals surface area contributed by atoms with Gasteiger partial charge < -0.3 is 40.9 Å². The summed E-state index contributed by atoms with van der Waals surface area (Å²) in [5, 5.41) is 96.8. The molecule has 9 aromatic carbocycles. The van der Waals surface area contributed by atoms with Crippen molar-refractivity contribution < 1.29 is 40.9 Å². The number of hydrogen-bond donors (Lipinski definition) is 8. The minimum Gasteiger partial charge on any atom is -0.504 e. The molecule has 8 nitrogen and oxygen atoms in total. The molecule has 0 amide bonds. The van der Waals surface area contributed by atoms with Crippen LogP contribution in [0.5, 0.6) is 46.0 Å². The average molecular weight is 659 g/mol. The molecular weight excluding hydrogens is 632 g/mol. The number of fused-ring (bicyclic) bond motifs is 8. The number of phenolic OH excluding ortho intramolecular Hbond substituents is 8. The van der Waals surface area contributed by atoms with Gasteiger partial charge in [0.2, 0.25) is 23.0 Å². The molecule has 0 unspecified atom stereocenters. The summed E-state index contributed by atoms with van der Waals surface area (Å²) < 4.78 is 0. The third kappa shape index (κ3) is 3.70. The van der Waals surface area contributed by atoms with E-state index in [1.165, 1.54) is 0 Å². The van der Waals surface area contributed by atoms with Crippen LogP contribution in [-0.4, -0.2) is 40.9 Å². The summed E-state index contributed by atoms with van der Waals surface area (Å²) in [7, 11) is 0. The lowest BCUT2D eigenvalue weighted by atomic mass is 9.81. The van der Waals surface area contributed by atoms with Crippen LogP contribution >= 0.6 is 0 Å². The van der Waals surface area contributed by atoms with E-state index < -0.39 is 46.0 Å². The van der Waals surface area contributed by atoms with Gasteiger partial charge in [0.1, 0.15) is 0 Å². The van der Waals surface area contributed by atoms with Crippen molar-refractivity contribution in [2.75, 3.05) is 0 Å². The van der Waals surface area contributed by atoms with Crippen LogP contribution in [0.2, 0.25) is 0 Å². The Morgan fingerprint density at radius 1 is 0.260 bits per heavy atom. The summed E-state index contributed by atoms with van der Waals surface area (Å²) in [6.07, 6.45) is 0. The molecule has 0 aliphatic carbocycles. The molecule has 0 aliphatic rings. The van der Waals surface area contributed by atoms with Gasteiger partial charge in [0.25, 0.3) is 0 Å². The average Bonchev–Trinajstić information content (AvgIpc) is 3.15. The van der Waals surface area contributed by atoms with E-state index in [1.807, 2.05) is 84.9 Å². The zero-order valence-corrected chi connectivity index (χ0v) is 26.0. The second-order valence-electron chi connectivity index (χ2n) is 12.4. The minimum atomic E-state index is -1.01. The highest BCUT2D eigenvalue weighted by atomic mass is 16.4. The van der Waals surface area contributed by atoms with Crippen LogP contribution in [0.15, 0.2) is 109 Å². The number of benzene rings is 9. The quantitative estimate of drug-likeness (QED) is 0.0394. The molecule has 9 rings (SSSR count). The van der Waals surface area contributed by atoms with Crippen molar-refractivity contribution in [3.63, 3.8) is 0 Å². The highest BCUT2D eigenvalue weighted by Crippen LogP contribution is 2.62. The molecule has 0 bridgehead atoms. The van der Waals surface area contributed by atoms with E-state index in [2.05, 4.69) is 0 Å². The first-order chi connectivity index (χ1) is 24.2. The summed E-state index contributed by atoms with van der Waals surface area (Å²) in [5.41, 5.74) is 0.802. The summed E-state index contributed by atoms with van der Waals surface area (Å²) in [4.78, 5) is 0. The smallest absolute Gasteiger partial charge is 0.204 e. The number of hydrogen-bond acceptors (Lipinski definition) is 8. The Kier molecular flexibility index (Phi) is 5.95. The first-order valence-electron chi connectivity index (χ1n) is 15.8. The van der Waals surface area contributed by atoms with E-state index in [1.54, 1.807) is 24.3 Å². The molecule has 8 heteroatoms. The molecule has 0 spiro atoms. The monoisotopic (exact) mass is 658 g/mol. The highest BCUT2D eigenvalue weighted by molar-refractivity contribution is 6.33. The van der Waals surface area contributed by atoms with Gasteiger partial charge in [-0.1, -0.05) is 103 Å². The van der Waals surface area contributed by atoms with Gasteiger partial charge in [0, 0.05) is 32.7 Å². The van der Waals surface area contributed by atoms with E-state index in [0.717, 1.165) is 32.3 Å². The zero-order chi connectivity index (χ0) is 34.6. The van der Waals surface area contributed by atoms with E-state index >= 15 is 0 Å². The Balaban J connectivity index is 1.62. The lowest BCUT2D eigenvalue weighted by Crippen LogP contribution is -1.96. The molecule has 9 aromatic rings. The van der Waals surface area contributed by atoms with E-state index in [4.69, 9.17) is 0 Å². The van der Waals surface area contributed by atoms with Crippen LogP contribution in [0.25, 0.3) is 86.9 Å². The predicted octanol–water partition coefficient (Wildman–Crippen LogP) is 9.58. The Bertz CT molecular complexity index is 2880. The van der Waals surface area contributed by atoms with E-state index in [9.17, 15) is 40.9 Å². The van der Waals surface area contributed by atoms with Crippen molar-refractivity contribution in [3.8, 4) is 68.2 Å². The molecule has 0 atom stereocenters. The minimum absolute atomic E-state index is 0.0106. The van der Waals surface area contributed by atoms with Gasteiger partial charge >= 0.3 is 0 Å². The van der Waals surface area contributed by atoms with Crippen molar-refractivity contribution >= 4 is 64.6 Å². The van der Waals surface area contributed by atoms with Gasteiger partial charge in [-0.15, -0.1) is 0 Å². The second-order valence-corrected chi connectivity index (χ2v) is 12.4. The summed E-state index contributed by atoms with van der Waals surface area (Å²) in [5.74, 6) is -7.31. The highest BCUT2D eigenvalue weighted by Gasteiger charge is 2.33. The van der Waals surface area contributed by atoms with E-state index in [0.29, 0.717) is 21.9 Å². The Labute approximate surface area is 282 Å². The summed E-state index contributed by atoms with van der Waals surface area (Å²) in [6.45, 7) is 0. The number of rotatable bonds is 2. The summed E-state index contributed by atoms with van der Waals surface area (Å²) in [6, 6.07) is 33.7. The molecular formula is C42H26O8. The van der Waals surface area contributed by atoms with Gasteiger partial charge in [-0.05, 0) is 60.3 Å². The Morgan fingerprint density at radius 3 is 1.22 bits per heavy atom. The van der Waals surface area contributed by atoms with E-state index in [-0.39, 0.29) is 32.7 Å². The molecule has 8 N–H and O–H groups in total. The molecule has 0 aliphatic heterocycles. The second kappa shape index (κ2) is 10.2. The summed E-state index contributed by atoms with van der Waals surface area (Å²) >= 11 is 0. The largest absolute Gasteiger partial charge is 0.504 e. The van der Waals surface area contributed by atoms with Crippen LogP contribution in [-0.2, 0) is 0 Å². The zero-order valence-electron chi connectivity index (χ0n) is 26.0. The molecule has 0 radical (unpaired) electrons. The van der Waals surface area contributed by atoms with Gasteiger partial charge in [0.15, 0.2) is 23.0 Å². The maximum Gasteiger partial charge on any atom is 0.204 e. The van der Waals surface area contributed by atoms with Crippen molar-refractivity contribution in [1.82, 2.24) is 0 Å². The maximum atomic E-state index is 11.8. The molecule has 50 heavy (non-hydrogen) atoms.